The molecule has 0 N–H and O–H groups in total. The van der Waals surface area contributed by atoms with E-state index in [4.69, 9.17) is 0 Å². The molecule has 0 fully saturated rings. The van der Waals surface area contributed by atoms with Gasteiger partial charge in [0, 0.05) is 12.8 Å². The summed E-state index contributed by atoms with van der Waals surface area (Å²) in [4.78, 5) is -0.868. The summed E-state index contributed by atoms with van der Waals surface area (Å²) in [6.07, 6.45) is -0.154. The van der Waals surface area contributed by atoms with E-state index < -0.39 is 52.8 Å². The van der Waals surface area contributed by atoms with Gasteiger partial charge in [0.05, 0.1) is 9.79 Å². The number of unbranched alkanes of at least 4 members (excludes halogenated alkanes) is 5. The minimum atomic E-state index is -4.77. The van der Waals surface area contributed by atoms with Crippen LogP contribution in [0, 0.1) is 0 Å². The first-order valence-electron chi connectivity index (χ1n) is 10.3. The summed E-state index contributed by atoms with van der Waals surface area (Å²) in [7, 11) is -9.53. The summed E-state index contributed by atoms with van der Waals surface area (Å²) in [5, 5.41) is -7.77. The molecule has 0 aliphatic carbocycles. The van der Waals surface area contributed by atoms with Crippen molar-refractivity contribution in [1.29, 1.82) is 0 Å². The van der Waals surface area contributed by atoms with Gasteiger partial charge in [-0.15, -0.1) is 0 Å². The van der Waals surface area contributed by atoms with Crippen LogP contribution in [0.15, 0.2) is 70.5 Å². The molecule has 0 saturated carbocycles. The lowest BCUT2D eigenvalue weighted by molar-refractivity contribution is 0.0772. The Labute approximate surface area is 186 Å². The van der Waals surface area contributed by atoms with Crippen LogP contribution < -0.4 is 0 Å². The van der Waals surface area contributed by atoms with Crippen LogP contribution in [0.4, 0.5) is 17.6 Å². The van der Waals surface area contributed by atoms with E-state index in [-0.39, 0.29) is 12.8 Å². The van der Waals surface area contributed by atoms with E-state index in [2.05, 4.69) is 0 Å². The fourth-order valence-corrected chi connectivity index (χ4v) is 5.73. The van der Waals surface area contributed by atoms with Gasteiger partial charge in [-0.2, -0.15) is 17.6 Å². The number of alkyl halides is 4. The van der Waals surface area contributed by atoms with E-state index >= 15 is 0 Å². The summed E-state index contributed by atoms with van der Waals surface area (Å²) < 4.78 is 105. The second kappa shape index (κ2) is 10.8. The number of hydrogen-bond donors (Lipinski definition) is 0. The molecule has 0 aliphatic heterocycles. The van der Waals surface area contributed by atoms with Crippen molar-refractivity contribution in [3.05, 3.63) is 60.7 Å². The molecule has 0 spiro atoms. The average molecular weight is 495 g/mol. The first-order valence-corrected chi connectivity index (χ1v) is 13.2. The molecule has 2 aromatic carbocycles. The monoisotopic (exact) mass is 494 g/mol. The van der Waals surface area contributed by atoms with E-state index in [0.29, 0.717) is 25.7 Å². The highest BCUT2D eigenvalue weighted by molar-refractivity contribution is 7.92. The highest BCUT2D eigenvalue weighted by Gasteiger charge is 2.46. The predicted octanol–water partition coefficient (Wildman–Crippen LogP) is 6.24. The number of rotatable bonds is 13. The molecule has 0 atom stereocenters. The number of benzene rings is 2. The Morgan fingerprint density at radius 2 is 0.781 bits per heavy atom. The Morgan fingerprint density at radius 1 is 0.500 bits per heavy atom. The van der Waals surface area contributed by atoms with Crippen LogP contribution in [0.5, 0.6) is 0 Å². The van der Waals surface area contributed by atoms with E-state index in [9.17, 15) is 34.4 Å². The van der Waals surface area contributed by atoms with Crippen molar-refractivity contribution < 1.29 is 34.4 Å². The topological polar surface area (TPSA) is 68.3 Å². The SMILES string of the molecule is O=S(=O)(c1ccccc1)C(F)(F)CCCCCCCCC(F)(F)S(=O)(=O)c1ccccc1. The lowest BCUT2D eigenvalue weighted by Crippen LogP contribution is -2.29. The van der Waals surface area contributed by atoms with Crippen molar-refractivity contribution in [2.75, 3.05) is 0 Å². The van der Waals surface area contributed by atoms with Crippen LogP contribution >= 0.6 is 0 Å². The van der Waals surface area contributed by atoms with E-state index in [0.717, 1.165) is 24.3 Å². The number of hydrogen-bond acceptors (Lipinski definition) is 4. The lowest BCUT2D eigenvalue weighted by Gasteiger charge is -2.17. The molecule has 4 nitrogen and oxygen atoms in total. The standard InChI is InChI=1S/C22H26F4O4S2/c23-21(24,31(27,28)19-13-7-5-8-14-19)17-11-3-1-2-4-12-18-22(25,26)32(29,30)20-15-9-6-10-16-20/h5-10,13-16H,1-4,11-12,17-18H2. The Kier molecular flexibility index (Phi) is 8.87. The molecule has 0 saturated heterocycles. The smallest absolute Gasteiger partial charge is 0.217 e. The summed E-state index contributed by atoms with van der Waals surface area (Å²) in [5.74, 6) is 0. The van der Waals surface area contributed by atoms with Crippen molar-refractivity contribution >= 4 is 19.7 Å². The number of sulfone groups is 2. The summed E-state index contributed by atoms with van der Waals surface area (Å²) in [5.41, 5.74) is 0. The molecule has 0 amide bonds. The van der Waals surface area contributed by atoms with Gasteiger partial charge in [-0.1, -0.05) is 62.1 Å². The second-order valence-electron chi connectivity index (χ2n) is 7.53. The molecular weight excluding hydrogens is 468 g/mol. The van der Waals surface area contributed by atoms with Gasteiger partial charge in [0.1, 0.15) is 0 Å². The summed E-state index contributed by atoms with van der Waals surface area (Å²) in [6.45, 7) is 0. The van der Waals surface area contributed by atoms with Gasteiger partial charge < -0.3 is 0 Å². The zero-order chi connectivity index (χ0) is 23.9. The third-order valence-corrected chi connectivity index (χ3v) is 8.85. The number of halogens is 4. The van der Waals surface area contributed by atoms with Crippen LogP contribution in [-0.2, 0) is 19.7 Å². The fraction of sp³-hybridized carbons (Fsp3) is 0.455. The highest BCUT2D eigenvalue weighted by atomic mass is 32.2. The maximum absolute atomic E-state index is 14.2. The van der Waals surface area contributed by atoms with Crippen LogP contribution in [-0.4, -0.2) is 27.3 Å². The molecule has 0 aromatic heterocycles. The van der Waals surface area contributed by atoms with Crippen molar-refractivity contribution in [3.63, 3.8) is 0 Å². The normalized spacial score (nSPS) is 13.2. The van der Waals surface area contributed by atoms with Gasteiger partial charge in [-0.25, -0.2) is 16.8 Å². The maximum atomic E-state index is 14.2. The Balaban J connectivity index is 1.71. The van der Waals surface area contributed by atoms with Crippen molar-refractivity contribution in [2.45, 2.75) is 71.7 Å². The van der Waals surface area contributed by atoms with Gasteiger partial charge in [-0.3, -0.25) is 0 Å². The Bertz CT molecular complexity index is 968. The van der Waals surface area contributed by atoms with Crippen LogP contribution in [0.3, 0.4) is 0 Å². The molecule has 0 bridgehead atoms. The minimum absolute atomic E-state index is 0.0301. The van der Waals surface area contributed by atoms with E-state index in [1.165, 1.54) is 36.4 Å². The first-order chi connectivity index (χ1) is 14.9. The Morgan fingerprint density at radius 3 is 1.09 bits per heavy atom. The van der Waals surface area contributed by atoms with Crippen LogP contribution in [0.25, 0.3) is 0 Å². The van der Waals surface area contributed by atoms with Crippen molar-refractivity contribution in [1.82, 2.24) is 0 Å². The van der Waals surface area contributed by atoms with Gasteiger partial charge >= 0.3 is 10.5 Å². The minimum Gasteiger partial charge on any atom is -0.217 e. The summed E-state index contributed by atoms with van der Waals surface area (Å²) in [6, 6.07) is 13.0. The van der Waals surface area contributed by atoms with Crippen molar-refractivity contribution in [3.8, 4) is 0 Å². The average Bonchev–Trinajstić information content (AvgIpc) is 2.76. The molecule has 0 radical (unpaired) electrons. The quantitative estimate of drug-likeness (QED) is 0.244. The highest BCUT2D eigenvalue weighted by Crippen LogP contribution is 2.35. The maximum Gasteiger partial charge on any atom is 0.350 e. The fourth-order valence-electron chi connectivity index (χ4n) is 3.18. The Hall–Kier alpha value is -1.94. The van der Waals surface area contributed by atoms with Gasteiger partial charge in [0.25, 0.3) is 0 Å². The molecular formula is C22H26F4O4S2. The summed E-state index contributed by atoms with van der Waals surface area (Å²) >= 11 is 0. The lowest BCUT2D eigenvalue weighted by atomic mass is 10.1. The zero-order valence-electron chi connectivity index (χ0n) is 17.4. The molecule has 0 unspecified atom stereocenters. The molecule has 10 heteroatoms. The molecule has 178 valence electrons. The molecule has 0 heterocycles. The van der Waals surface area contributed by atoms with Crippen molar-refractivity contribution in [2.24, 2.45) is 0 Å². The first kappa shape index (κ1) is 26.3. The zero-order valence-corrected chi connectivity index (χ0v) is 19.0. The van der Waals surface area contributed by atoms with Gasteiger partial charge in [-0.05, 0) is 37.1 Å². The largest absolute Gasteiger partial charge is 0.350 e. The predicted molar refractivity (Wildman–Crippen MR) is 114 cm³/mol. The second-order valence-corrected chi connectivity index (χ2v) is 11.7. The van der Waals surface area contributed by atoms with E-state index in [1.807, 2.05) is 0 Å². The van der Waals surface area contributed by atoms with Crippen LogP contribution in [0.2, 0.25) is 0 Å². The third-order valence-electron chi connectivity index (χ3n) is 5.08. The van der Waals surface area contributed by atoms with Gasteiger partial charge in [0.15, 0.2) is 0 Å². The molecule has 32 heavy (non-hydrogen) atoms. The van der Waals surface area contributed by atoms with E-state index in [1.54, 1.807) is 0 Å². The third kappa shape index (κ3) is 6.31. The van der Waals surface area contributed by atoms with Gasteiger partial charge in [0.2, 0.25) is 19.7 Å². The van der Waals surface area contributed by atoms with Crippen LogP contribution in [0.1, 0.15) is 51.4 Å². The molecule has 0 aliphatic rings. The molecule has 2 rings (SSSR count). The molecule has 2 aromatic rings.